The van der Waals surface area contributed by atoms with Gasteiger partial charge in [0.2, 0.25) is 10.0 Å². The fraction of sp³-hybridized carbons (Fsp3) is 1.00. The maximum absolute atomic E-state index is 11.4. The summed E-state index contributed by atoms with van der Waals surface area (Å²) in [5, 5.41) is 0. The summed E-state index contributed by atoms with van der Waals surface area (Å²) in [5.74, 6) is 0.208. The van der Waals surface area contributed by atoms with E-state index in [1.165, 1.54) is 0 Å². The van der Waals surface area contributed by atoms with E-state index < -0.39 is 10.0 Å². The minimum absolute atomic E-state index is 0.0137. The van der Waals surface area contributed by atoms with Crippen molar-refractivity contribution < 1.29 is 8.42 Å². The van der Waals surface area contributed by atoms with Gasteiger partial charge in [-0.05, 0) is 31.2 Å². The van der Waals surface area contributed by atoms with E-state index >= 15 is 0 Å². The zero-order valence-corrected chi connectivity index (χ0v) is 10.9. The molecule has 0 bridgehead atoms. The first-order valence-electron chi connectivity index (χ1n) is 5.50. The van der Waals surface area contributed by atoms with E-state index in [0.717, 1.165) is 12.8 Å². The van der Waals surface area contributed by atoms with E-state index in [4.69, 9.17) is 5.73 Å². The maximum atomic E-state index is 11.4. The lowest BCUT2D eigenvalue weighted by molar-refractivity contribution is 0.327. The number of hydrogen-bond donors (Lipinski definition) is 2. The van der Waals surface area contributed by atoms with Crippen LogP contribution in [0.15, 0.2) is 0 Å². The van der Waals surface area contributed by atoms with Crippen molar-refractivity contribution >= 4 is 10.0 Å². The van der Waals surface area contributed by atoms with E-state index in [-0.39, 0.29) is 11.2 Å². The van der Waals surface area contributed by atoms with Gasteiger partial charge in [-0.3, -0.25) is 0 Å². The molecule has 0 aliphatic heterocycles. The maximum Gasteiger partial charge on any atom is 0.211 e. The highest BCUT2D eigenvalue weighted by molar-refractivity contribution is 7.89. The van der Waals surface area contributed by atoms with Crippen molar-refractivity contribution in [3.63, 3.8) is 0 Å². The SMILES string of the molecule is CCCS(=O)(=O)NCC(C)(C)CCCN. The summed E-state index contributed by atoms with van der Waals surface area (Å²) in [6, 6.07) is 0. The van der Waals surface area contributed by atoms with Gasteiger partial charge in [0, 0.05) is 6.54 Å². The molecule has 5 heteroatoms. The number of rotatable bonds is 8. The van der Waals surface area contributed by atoms with Gasteiger partial charge < -0.3 is 5.73 Å². The second kappa shape index (κ2) is 6.45. The van der Waals surface area contributed by atoms with Gasteiger partial charge in [-0.15, -0.1) is 0 Å². The molecule has 15 heavy (non-hydrogen) atoms. The molecule has 0 aromatic carbocycles. The first-order valence-corrected chi connectivity index (χ1v) is 7.15. The van der Waals surface area contributed by atoms with Gasteiger partial charge in [0.15, 0.2) is 0 Å². The minimum atomic E-state index is -3.07. The molecule has 0 saturated heterocycles. The predicted octanol–water partition coefficient (Wildman–Crippen LogP) is 1.08. The summed E-state index contributed by atoms with van der Waals surface area (Å²) >= 11 is 0. The number of hydrogen-bond acceptors (Lipinski definition) is 3. The molecule has 0 aliphatic carbocycles. The summed E-state index contributed by atoms with van der Waals surface area (Å²) in [4.78, 5) is 0. The van der Waals surface area contributed by atoms with Crippen LogP contribution >= 0.6 is 0 Å². The van der Waals surface area contributed by atoms with E-state index in [9.17, 15) is 8.42 Å². The Labute approximate surface area is 93.7 Å². The second-order valence-electron chi connectivity index (χ2n) is 4.70. The van der Waals surface area contributed by atoms with Crippen LogP contribution in [0.25, 0.3) is 0 Å². The zero-order valence-electron chi connectivity index (χ0n) is 10.0. The van der Waals surface area contributed by atoms with Crippen LogP contribution in [0.2, 0.25) is 0 Å². The molecule has 0 aromatic heterocycles. The summed E-state index contributed by atoms with van der Waals surface area (Å²) in [5.41, 5.74) is 5.41. The quantitative estimate of drug-likeness (QED) is 0.662. The van der Waals surface area contributed by atoms with Crippen molar-refractivity contribution in [1.82, 2.24) is 4.72 Å². The molecule has 3 N–H and O–H groups in total. The van der Waals surface area contributed by atoms with Crippen LogP contribution in [0.1, 0.15) is 40.0 Å². The second-order valence-corrected chi connectivity index (χ2v) is 6.62. The lowest BCUT2D eigenvalue weighted by Crippen LogP contribution is -2.35. The van der Waals surface area contributed by atoms with Crippen molar-refractivity contribution in [3.05, 3.63) is 0 Å². The molecular weight excluding hydrogens is 212 g/mol. The molecule has 0 amide bonds. The van der Waals surface area contributed by atoms with E-state index in [1.807, 2.05) is 6.92 Å². The largest absolute Gasteiger partial charge is 0.330 e. The van der Waals surface area contributed by atoms with Gasteiger partial charge in [0.05, 0.1) is 5.75 Å². The molecule has 0 spiro atoms. The standard InChI is InChI=1S/C10H24N2O2S/c1-4-8-15(13,14)12-9-10(2,3)6-5-7-11/h12H,4-9,11H2,1-3H3. The van der Waals surface area contributed by atoms with Gasteiger partial charge in [0.25, 0.3) is 0 Å². The predicted molar refractivity (Wildman–Crippen MR) is 64.1 cm³/mol. The average molecular weight is 236 g/mol. The van der Waals surface area contributed by atoms with E-state index in [0.29, 0.717) is 19.5 Å². The molecule has 0 aliphatic rings. The molecule has 0 unspecified atom stereocenters. The summed E-state index contributed by atoms with van der Waals surface area (Å²) < 4.78 is 25.5. The molecule has 0 saturated carbocycles. The first-order chi connectivity index (χ1) is 6.83. The Hall–Kier alpha value is -0.130. The van der Waals surface area contributed by atoms with Gasteiger partial charge in [0.1, 0.15) is 0 Å². The Morgan fingerprint density at radius 1 is 1.33 bits per heavy atom. The Morgan fingerprint density at radius 3 is 2.40 bits per heavy atom. The summed E-state index contributed by atoms with van der Waals surface area (Å²) in [6.45, 7) is 7.12. The molecular formula is C10H24N2O2S. The van der Waals surface area contributed by atoms with Crippen LogP contribution in [0.5, 0.6) is 0 Å². The third-order valence-corrected chi connectivity index (χ3v) is 3.83. The molecule has 0 fully saturated rings. The molecule has 0 radical (unpaired) electrons. The van der Waals surface area contributed by atoms with Crippen molar-refractivity contribution in [2.45, 2.75) is 40.0 Å². The fourth-order valence-electron chi connectivity index (χ4n) is 1.32. The van der Waals surface area contributed by atoms with Crippen molar-refractivity contribution in [2.24, 2.45) is 11.1 Å². The molecule has 4 nitrogen and oxygen atoms in total. The van der Waals surface area contributed by atoms with Crippen LogP contribution in [0.3, 0.4) is 0 Å². The van der Waals surface area contributed by atoms with Crippen LogP contribution in [0.4, 0.5) is 0 Å². The zero-order chi connectivity index (χ0) is 11.9. The Balaban J connectivity index is 4.02. The summed E-state index contributed by atoms with van der Waals surface area (Å²) in [7, 11) is -3.07. The monoisotopic (exact) mass is 236 g/mol. The van der Waals surface area contributed by atoms with Crippen LogP contribution in [-0.4, -0.2) is 27.3 Å². The minimum Gasteiger partial charge on any atom is -0.330 e. The third kappa shape index (κ3) is 7.76. The van der Waals surface area contributed by atoms with Crippen molar-refractivity contribution in [3.8, 4) is 0 Å². The van der Waals surface area contributed by atoms with Gasteiger partial charge >= 0.3 is 0 Å². The first kappa shape index (κ1) is 14.9. The number of sulfonamides is 1. The summed E-state index contributed by atoms with van der Waals surface area (Å²) in [6.07, 6.45) is 2.53. The molecule has 92 valence electrons. The average Bonchev–Trinajstić information content (AvgIpc) is 2.12. The lowest BCUT2D eigenvalue weighted by atomic mass is 9.88. The highest BCUT2D eigenvalue weighted by atomic mass is 32.2. The van der Waals surface area contributed by atoms with Gasteiger partial charge in [-0.1, -0.05) is 20.8 Å². The smallest absolute Gasteiger partial charge is 0.211 e. The fourth-order valence-corrected chi connectivity index (χ4v) is 2.61. The van der Waals surface area contributed by atoms with E-state index in [1.54, 1.807) is 0 Å². The number of nitrogens with two attached hydrogens (primary N) is 1. The molecule has 0 atom stereocenters. The van der Waals surface area contributed by atoms with Crippen molar-refractivity contribution in [1.29, 1.82) is 0 Å². The molecule has 0 heterocycles. The third-order valence-electron chi connectivity index (χ3n) is 2.30. The number of nitrogens with one attached hydrogen (secondary N) is 1. The molecule has 0 rings (SSSR count). The van der Waals surface area contributed by atoms with Gasteiger partial charge in [-0.2, -0.15) is 0 Å². The van der Waals surface area contributed by atoms with E-state index in [2.05, 4.69) is 18.6 Å². The lowest BCUT2D eigenvalue weighted by Gasteiger charge is -2.24. The highest BCUT2D eigenvalue weighted by Crippen LogP contribution is 2.20. The van der Waals surface area contributed by atoms with Gasteiger partial charge in [-0.25, -0.2) is 13.1 Å². The van der Waals surface area contributed by atoms with Crippen LogP contribution in [-0.2, 0) is 10.0 Å². The molecule has 0 aromatic rings. The van der Waals surface area contributed by atoms with Crippen LogP contribution < -0.4 is 10.5 Å². The Morgan fingerprint density at radius 2 is 1.93 bits per heavy atom. The van der Waals surface area contributed by atoms with Crippen LogP contribution in [0, 0.1) is 5.41 Å². The normalized spacial score (nSPS) is 13.1. The van der Waals surface area contributed by atoms with Crippen molar-refractivity contribution in [2.75, 3.05) is 18.8 Å². The Kier molecular flexibility index (Phi) is 6.40. The Bertz CT molecular complexity index is 261. The highest BCUT2D eigenvalue weighted by Gasteiger charge is 2.20. The topological polar surface area (TPSA) is 72.2 Å².